The van der Waals surface area contributed by atoms with Crippen LogP contribution in [0.15, 0.2) is 42.5 Å². The van der Waals surface area contributed by atoms with E-state index < -0.39 is 0 Å². The minimum Gasteiger partial charge on any atom is -0.497 e. The predicted octanol–water partition coefficient (Wildman–Crippen LogP) is 2.07. The van der Waals surface area contributed by atoms with Crippen molar-refractivity contribution in [1.29, 1.82) is 0 Å². The highest BCUT2D eigenvalue weighted by molar-refractivity contribution is 5.94. The SMILES string of the molecule is COc1ccc(C(=O)N2CCN(C(=O)NCc3cccc(C)n3)CC2)cc1. The lowest BCUT2D eigenvalue weighted by Gasteiger charge is -2.34. The number of hydrogen-bond donors (Lipinski definition) is 1. The number of aromatic nitrogens is 1. The Bertz CT molecular complexity index is 799. The van der Waals surface area contributed by atoms with Crippen LogP contribution >= 0.6 is 0 Å². The molecule has 0 bridgehead atoms. The number of amides is 3. The number of nitrogens with one attached hydrogen (secondary N) is 1. The van der Waals surface area contributed by atoms with Crippen molar-refractivity contribution in [3.8, 4) is 5.75 Å². The second-order valence-electron chi connectivity index (χ2n) is 6.44. The molecule has 0 spiro atoms. The van der Waals surface area contributed by atoms with Crippen molar-refractivity contribution < 1.29 is 14.3 Å². The number of methoxy groups -OCH3 is 1. The minimum absolute atomic E-state index is 0.0262. The van der Waals surface area contributed by atoms with Crippen LogP contribution in [0.25, 0.3) is 0 Å². The van der Waals surface area contributed by atoms with E-state index in [0.717, 1.165) is 17.1 Å². The molecular weight excluding hydrogens is 344 g/mol. The van der Waals surface area contributed by atoms with Crippen molar-refractivity contribution >= 4 is 11.9 Å². The lowest BCUT2D eigenvalue weighted by molar-refractivity contribution is 0.0665. The highest BCUT2D eigenvalue weighted by Gasteiger charge is 2.24. The van der Waals surface area contributed by atoms with Crippen LogP contribution in [0.5, 0.6) is 5.75 Å². The van der Waals surface area contributed by atoms with Gasteiger partial charge >= 0.3 is 6.03 Å². The van der Waals surface area contributed by atoms with Crippen LogP contribution in [0.2, 0.25) is 0 Å². The lowest BCUT2D eigenvalue weighted by Crippen LogP contribution is -2.53. The predicted molar refractivity (Wildman–Crippen MR) is 102 cm³/mol. The molecule has 7 nitrogen and oxygen atoms in total. The molecule has 2 heterocycles. The Morgan fingerprint density at radius 3 is 2.33 bits per heavy atom. The molecule has 1 saturated heterocycles. The fourth-order valence-corrected chi connectivity index (χ4v) is 3.00. The number of benzene rings is 1. The van der Waals surface area contributed by atoms with Gasteiger partial charge in [0.05, 0.1) is 19.3 Å². The van der Waals surface area contributed by atoms with Crippen molar-refractivity contribution in [2.45, 2.75) is 13.5 Å². The van der Waals surface area contributed by atoms with Gasteiger partial charge in [-0.3, -0.25) is 9.78 Å². The summed E-state index contributed by atoms with van der Waals surface area (Å²) in [5.74, 6) is 0.692. The first-order chi connectivity index (χ1) is 13.1. The number of rotatable bonds is 4. The van der Waals surface area contributed by atoms with Gasteiger partial charge in [0, 0.05) is 37.4 Å². The Hall–Kier alpha value is -3.09. The van der Waals surface area contributed by atoms with Gasteiger partial charge in [-0.1, -0.05) is 6.07 Å². The number of aryl methyl sites for hydroxylation is 1. The number of carbonyl (C=O) groups is 2. The van der Waals surface area contributed by atoms with E-state index in [1.165, 1.54) is 0 Å². The normalized spacial score (nSPS) is 14.0. The molecule has 3 rings (SSSR count). The Labute approximate surface area is 158 Å². The fraction of sp³-hybridized carbons (Fsp3) is 0.350. The van der Waals surface area contributed by atoms with E-state index in [1.54, 1.807) is 41.2 Å². The number of nitrogens with zero attached hydrogens (tertiary/aromatic N) is 3. The van der Waals surface area contributed by atoms with Crippen molar-refractivity contribution in [2.75, 3.05) is 33.3 Å². The summed E-state index contributed by atoms with van der Waals surface area (Å²) in [5.41, 5.74) is 2.38. The minimum atomic E-state index is -0.130. The Kier molecular flexibility index (Phi) is 5.90. The van der Waals surface area contributed by atoms with Gasteiger partial charge in [-0.05, 0) is 43.3 Å². The molecule has 1 aliphatic rings. The first kappa shape index (κ1) is 18.7. The third kappa shape index (κ3) is 4.75. The van der Waals surface area contributed by atoms with Crippen molar-refractivity contribution in [3.05, 3.63) is 59.4 Å². The van der Waals surface area contributed by atoms with Gasteiger partial charge in [0.25, 0.3) is 5.91 Å². The number of piperazine rings is 1. The summed E-state index contributed by atoms with van der Waals surface area (Å²) >= 11 is 0. The summed E-state index contributed by atoms with van der Waals surface area (Å²) in [6, 6.07) is 12.7. The number of ether oxygens (including phenoxy) is 1. The molecule has 0 radical (unpaired) electrons. The van der Waals surface area contributed by atoms with E-state index in [4.69, 9.17) is 4.74 Å². The van der Waals surface area contributed by atoms with Crippen LogP contribution in [0.1, 0.15) is 21.7 Å². The third-order valence-corrected chi connectivity index (χ3v) is 4.56. The Balaban J connectivity index is 1.48. The van der Waals surface area contributed by atoms with Gasteiger partial charge in [0.15, 0.2) is 0 Å². The van der Waals surface area contributed by atoms with E-state index in [2.05, 4.69) is 10.3 Å². The van der Waals surface area contributed by atoms with Crippen molar-refractivity contribution in [1.82, 2.24) is 20.1 Å². The van der Waals surface area contributed by atoms with Crippen LogP contribution in [0.3, 0.4) is 0 Å². The number of urea groups is 1. The van der Waals surface area contributed by atoms with E-state index in [-0.39, 0.29) is 11.9 Å². The van der Waals surface area contributed by atoms with Crippen LogP contribution < -0.4 is 10.1 Å². The zero-order chi connectivity index (χ0) is 19.2. The van der Waals surface area contributed by atoms with Gasteiger partial charge in [-0.15, -0.1) is 0 Å². The summed E-state index contributed by atoms with van der Waals surface area (Å²) in [5, 5.41) is 2.89. The molecule has 1 aliphatic heterocycles. The molecule has 0 atom stereocenters. The van der Waals surface area contributed by atoms with Gasteiger partial charge in [-0.25, -0.2) is 4.79 Å². The molecule has 2 aromatic rings. The maximum Gasteiger partial charge on any atom is 0.317 e. The second kappa shape index (κ2) is 8.53. The molecule has 1 aromatic heterocycles. The van der Waals surface area contributed by atoms with Crippen LogP contribution in [-0.4, -0.2) is 60.0 Å². The van der Waals surface area contributed by atoms with Crippen LogP contribution in [0.4, 0.5) is 4.79 Å². The van der Waals surface area contributed by atoms with Gasteiger partial charge in [0.2, 0.25) is 0 Å². The second-order valence-corrected chi connectivity index (χ2v) is 6.44. The number of hydrogen-bond acceptors (Lipinski definition) is 4. The Morgan fingerprint density at radius 1 is 1.04 bits per heavy atom. The first-order valence-electron chi connectivity index (χ1n) is 8.95. The van der Waals surface area contributed by atoms with Crippen molar-refractivity contribution in [3.63, 3.8) is 0 Å². The quantitative estimate of drug-likeness (QED) is 0.896. The molecule has 0 saturated carbocycles. The van der Waals surface area contributed by atoms with E-state index >= 15 is 0 Å². The molecular formula is C20H24N4O3. The van der Waals surface area contributed by atoms with E-state index in [1.807, 2.05) is 25.1 Å². The molecule has 1 N–H and O–H groups in total. The molecule has 1 fully saturated rings. The molecule has 3 amide bonds. The monoisotopic (exact) mass is 368 g/mol. The summed E-state index contributed by atoms with van der Waals surface area (Å²) in [6.45, 7) is 4.36. The summed E-state index contributed by atoms with van der Waals surface area (Å²) in [4.78, 5) is 32.8. The van der Waals surface area contributed by atoms with Gasteiger partial charge in [0.1, 0.15) is 5.75 Å². The summed E-state index contributed by atoms with van der Waals surface area (Å²) in [7, 11) is 1.59. The third-order valence-electron chi connectivity index (χ3n) is 4.56. The Morgan fingerprint density at radius 2 is 1.70 bits per heavy atom. The smallest absolute Gasteiger partial charge is 0.317 e. The lowest BCUT2D eigenvalue weighted by atomic mass is 10.1. The van der Waals surface area contributed by atoms with Crippen LogP contribution in [0, 0.1) is 6.92 Å². The van der Waals surface area contributed by atoms with Gasteiger partial charge < -0.3 is 19.9 Å². The zero-order valence-electron chi connectivity index (χ0n) is 15.6. The fourth-order valence-electron chi connectivity index (χ4n) is 3.00. The zero-order valence-corrected chi connectivity index (χ0v) is 15.6. The summed E-state index contributed by atoms with van der Waals surface area (Å²) < 4.78 is 5.12. The molecule has 1 aromatic carbocycles. The average Bonchev–Trinajstić information content (AvgIpc) is 2.72. The molecule has 142 valence electrons. The average molecular weight is 368 g/mol. The maximum absolute atomic E-state index is 12.6. The molecule has 27 heavy (non-hydrogen) atoms. The van der Waals surface area contributed by atoms with Crippen LogP contribution in [-0.2, 0) is 6.54 Å². The number of carbonyl (C=O) groups excluding carboxylic acids is 2. The highest BCUT2D eigenvalue weighted by atomic mass is 16.5. The molecule has 0 aliphatic carbocycles. The first-order valence-corrected chi connectivity index (χ1v) is 8.95. The number of pyridine rings is 1. The topological polar surface area (TPSA) is 74.8 Å². The highest BCUT2D eigenvalue weighted by Crippen LogP contribution is 2.14. The maximum atomic E-state index is 12.6. The largest absolute Gasteiger partial charge is 0.497 e. The van der Waals surface area contributed by atoms with Crippen molar-refractivity contribution in [2.24, 2.45) is 0 Å². The molecule has 7 heteroatoms. The van der Waals surface area contributed by atoms with Gasteiger partial charge in [-0.2, -0.15) is 0 Å². The standard InChI is InChI=1S/C20H24N4O3/c1-15-4-3-5-17(22-15)14-21-20(26)24-12-10-23(11-13-24)19(25)16-6-8-18(27-2)9-7-16/h3-9H,10-14H2,1-2H3,(H,21,26). The summed E-state index contributed by atoms with van der Waals surface area (Å²) in [6.07, 6.45) is 0. The molecule has 0 unspecified atom stereocenters. The van der Waals surface area contributed by atoms with E-state index in [0.29, 0.717) is 38.3 Å². The van der Waals surface area contributed by atoms with E-state index in [9.17, 15) is 9.59 Å².